The molecule has 1 aliphatic carbocycles. The highest BCUT2D eigenvalue weighted by atomic mass is 16.5. The number of nitrogens with one attached hydrogen (secondary N) is 1. The van der Waals surface area contributed by atoms with Gasteiger partial charge in [0.05, 0.1) is 12.5 Å². The Bertz CT molecular complexity index is 741. The van der Waals surface area contributed by atoms with Gasteiger partial charge in [0.25, 0.3) is 0 Å². The lowest BCUT2D eigenvalue weighted by molar-refractivity contribution is -0.150. The van der Waals surface area contributed by atoms with E-state index in [0.717, 1.165) is 32.1 Å². The van der Waals surface area contributed by atoms with Crippen molar-refractivity contribution in [3.8, 4) is 0 Å². The Hall–Kier alpha value is -1.81. The summed E-state index contributed by atoms with van der Waals surface area (Å²) in [6.45, 7) is 9.72. The maximum absolute atomic E-state index is 13.0. The number of esters is 1. The van der Waals surface area contributed by atoms with E-state index in [1.54, 1.807) is 6.08 Å². The van der Waals surface area contributed by atoms with E-state index in [4.69, 9.17) is 9.47 Å². The Labute approximate surface area is 222 Å². The number of carbonyl (C=O) groups excluding carboxylic acids is 3. The van der Waals surface area contributed by atoms with E-state index in [1.807, 2.05) is 34.6 Å². The van der Waals surface area contributed by atoms with Crippen LogP contribution in [-0.2, 0) is 23.9 Å². The van der Waals surface area contributed by atoms with E-state index in [9.17, 15) is 29.7 Å². The smallest absolute Gasteiger partial charge is 0.308 e. The van der Waals surface area contributed by atoms with Crippen LogP contribution >= 0.6 is 0 Å². The minimum Gasteiger partial charge on any atom is -0.464 e. The number of ether oxygens (including phenoxy) is 2. The summed E-state index contributed by atoms with van der Waals surface area (Å²) in [5, 5.41) is 34.0. The number of methoxy groups -OCH3 is 1. The summed E-state index contributed by atoms with van der Waals surface area (Å²) < 4.78 is 10.5. The van der Waals surface area contributed by atoms with Crippen molar-refractivity contribution >= 4 is 17.7 Å². The molecule has 9 heteroatoms. The zero-order valence-electron chi connectivity index (χ0n) is 23.4. The zero-order chi connectivity index (χ0) is 28.2. The van der Waals surface area contributed by atoms with Gasteiger partial charge in [0.1, 0.15) is 31.0 Å². The van der Waals surface area contributed by atoms with Crippen molar-refractivity contribution < 1.29 is 39.2 Å². The van der Waals surface area contributed by atoms with Gasteiger partial charge in [0.2, 0.25) is 5.91 Å². The van der Waals surface area contributed by atoms with Crippen LogP contribution in [0.15, 0.2) is 12.2 Å². The van der Waals surface area contributed by atoms with Crippen LogP contribution in [0.25, 0.3) is 0 Å². The van der Waals surface area contributed by atoms with Crippen molar-refractivity contribution in [2.24, 2.45) is 23.2 Å². The Kier molecular flexibility index (Phi) is 14.6. The molecule has 0 aromatic carbocycles. The lowest BCUT2D eigenvalue weighted by Gasteiger charge is -2.29. The summed E-state index contributed by atoms with van der Waals surface area (Å²) in [7, 11) is 1.23. The van der Waals surface area contributed by atoms with Crippen molar-refractivity contribution in [3.63, 3.8) is 0 Å². The molecule has 1 fully saturated rings. The molecule has 1 amide bonds. The molecule has 37 heavy (non-hydrogen) atoms. The Morgan fingerprint density at radius 1 is 1.05 bits per heavy atom. The predicted octanol–water partition coefficient (Wildman–Crippen LogP) is 2.55. The number of Topliss-reactive ketones (excluding diaryl/α,β-unsaturated/α-hetero) is 1. The standard InChI is InChI=1S/C28H49NO8/c1-7-18(2)20(26(34)29-15-16-37-27(35)19-11-9-8-10-12-19)17-22(31)25(36-6)24(33)23(32)21(30)13-14-28(3,4)5/h13-14,18-21,23-25,30,32-33H,7-12,15-17H2,1-6H3,(H,29,34)/b14-13+/t18?,20-,21+,23-,24+,25-/m0/s1. The molecule has 6 atom stereocenters. The molecule has 0 spiro atoms. The normalized spacial score (nSPS) is 20.0. The zero-order valence-corrected chi connectivity index (χ0v) is 23.4. The fraction of sp³-hybridized carbons (Fsp3) is 0.821. The molecule has 4 N–H and O–H groups in total. The number of carbonyl (C=O) groups is 3. The average Bonchev–Trinajstić information content (AvgIpc) is 2.87. The number of amides is 1. The maximum Gasteiger partial charge on any atom is 0.308 e. The maximum atomic E-state index is 13.0. The molecule has 1 unspecified atom stereocenters. The minimum atomic E-state index is -1.68. The van der Waals surface area contributed by atoms with Gasteiger partial charge >= 0.3 is 5.97 Å². The van der Waals surface area contributed by atoms with E-state index >= 15 is 0 Å². The number of allylic oxidation sites excluding steroid dienone is 1. The molecular weight excluding hydrogens is 478 g/mol. The number of hydrogen-bond donors (Lipinski definition) is 4. The fourth-order valence-corrected chi connectivity index (χ4v) is 4.43. The van der Waals surface area contributed by atoms with Gasteiger partial charge in [-0.1, -0.05) is 72.5 Å². The van der Waals surface area contributed by atoms with Crippen LogP contribution in [0.4, 0.5) is 0 Å². The number of hydrogen-bond acceptors (Lipinski definition) is 8. The van der Waals surface area contributed by atoms with Crippen LogP contribution in [0, 0.1) is 23.2 Å². The first-order valence-electron chi connectivity index (χ1n) is 13.6. The second kappa shape index (κ2) is 16.2. The lowest BCUT2D eigenvalue weighted by atomic mass is 9.84. The molecule has 1 rings (SSSR count). The van der Waals surface area contributed by atoms with Crippen LogP contribution in [-0.4, -0.2) is 77.7 Å². The van der Waals surface area contributed by atoms with Gasteiger partial charge in [-0.25, -0.2) is 0 Å². The summed E-state index contributed by atoms with van der Waals surface area (Å²) >= 11 is 0. The topological polar surface area (TPSA) is 142 Å². The summed E-state index contributed by atoms with van der Waals surface area (Å²) in [5.41, 5.74) is -0.243. The quantitative estimate of drug-likeness (QED) is 0.145. The van der Waals surface area contributed by atoms with Crippen molar-refractivity contribution in [1.82, 2.24) is 5.32 Å². The lowest BCUT2D eigenvalue weighted by Crippen LogP contribution is -2.49. The SMILES string of the molecule is CCC(C)[C@H](CC(=O)[C@H](OC)[C@H](O)[C@@H](O)[C@H](O)/C=C/C(C)(C)C)C(=O)NCCOC(=O)C1CCCCC1. The van der Waals surface area contributed by atoms with Gasteiger partial charge in [-0.15, -0.1) is 0 Å². The first-order chi connectivity index (χ1) is 17.3. The largest absolute Gasteiger partial charge is 0.464 e. The van der Waals surface area contributed by atoms with Crippen molar-refractivity contribution in [1.29, 1.82) is 0 Å². The van der Waals surface area contributed by atoms with E-state index in [1.165, 1.54) is 13.2 Å². The minimum absolute atomic E-state index is 0.0633. The molecular formula is C28H49NO8. The predicted molar refractivity (Wildman–Crippen MR) is 141 cm³/mol. The van der Waals surface area contributed by atoms with Crippen LogP contribution < -0.4 is 5.32 Å². The second-order valence-electron chi connectivity index (χ2n) is 11.3. The molecule has 0 saturated heterocycles. The van der Waals surface area contributed by atoms with Crippen molar-refractivity contribution in [3.05, 3.63) is 12.2 Å². The van der Waals surface area contributed by atoms with Crippen molar-refractivity contribution in [2.45, 2.75) is 104 Å². The molecule has 0 aromatic rings. The van der Waals surface area contributed by atoms with E-state index < -0.39 is 36.1 Å². The summed E-state index contributed by atoms with van der Waals surface area (Å²) in [4.78, 5) is 38.1. The molecule has 0 bridgehead atoms. The third-order valence-electron chi connectivity index (χ3n) is 7.05. The fourth-order valence-electron chi connectivity index (χ4n) is 4.43. The monoisotopic (exact) mass is 527 g/mol. The third kappa shape index (κ3) is 11.6. The molecule has 0 heterocycles. The van der Waals surface area contributed by atoms with Gasteiger partial charge in [0, 0.05) is 19.4 Å². The van der Waals surface area contributed by atoms with Crippen LogP contribution in [0.1, 0.15) is 79.6 Å². The molecule has 0 aromatic heterocycles. The van der Waals surface area contributed by atoms with E-state index in [2.05, 4.69) is 5.32 Å². The van der Waals surface area contributed by atoms with Gasteiger partial charge in [-0.3, -0.25) is 14.4 Å². The third-order valence-corrected chi connectivity index (χ3v) is 7.05. The first-order valence-corrected chi connectivity index (χ1v) is 13.6. The molecule has 214 valence electrons. The molecule has 0 radical (unpaired) electrons. The number of ketones is 1. The van der Waals surface area contributed by atoms with Gasteiger partial charge in [-0.05, 0) is 24.2 Å². The van der Waals surface area contributed by atoms with Gasteiger partial charge < -0.3 is 30.1 Å². The second-order valence-corrected chi connectivity index (χ2v) is 11.3. The van der Waals surface area contributed by atoms with Crippen LogP contribution in [0.3, 0.4) is 0 Å². The average molecular weight is 528 g/mol. The van der Waals surface area contributed by atoms with Crippen LogP contribution in [0.2, 0.25) is 0 Å². The number of aliphatic hydroxyl groups excluding tert-OH is 3. The molecule has 1 aliphatic rings. The molecule has 0 aliphatic heterocycles. The highest BCUT2D eigenvalue weighted by molar-refractivity contribution is 5.89. The number of rotatable bonds is 15. The van der Waals surface area contributed by atoms with Crippen molar-refractivity contribution in [2.75, 3.05) is 20.3 Å². The summed E-state index contributed by atoms with van der Waals surface area (Å²) in [5.74, 6) is -2.03. The van der Waals surface area contributed by atoms with Crippen LogP contribution in [0.5, 0.6) is 0 Å². The Morgan fingerprint density at radius 3 is 2.22 bits per heavy atom. The van der Waals surface area contributed by atoms with E-state index in [-0.39, 0.29) is 48.7 Å². The Morgan fingerprint density at radius 2 is 1.68 bits per heavy atom. The highest BCUT2D eigenvalue weighted by Gasteiger charge is 2.37. The summed E-state index contributed by atoms with van der Waals surface area (Å²) in [6.07, 6.45) is 2.25. The highest BCUT2D eigenvalue weighted by Crippen LogP contribution is 2.25. The van der Waals surface area contributed by atoms with E-state index in [0.29, 0.717) is 6.42 Å². The van der Waals surface area contributed by atoms with Gasteiger partial charge in [-0.2, -0.15) is 0 Å². The number of aliphatic hydroxyl groups is 3. The Balaban J connectivity index is 2.71. The molecule has 1 saturated carbocycles. The van der Waals surface area contributed by atoms with Gasteiger partial charge in [0.15, 0.2) is 5.78 Å². The first kappa shape index (κ1) is 33.2. The summed E-state index contributed by atoms with van der Waals surface area (Å²) in [6, 6.07) is 0. The molecule has 9 nitrogen and oxygen atoms in total.